The van der Waals surface area contributed by atoms with Gasteiger partial charge in [-0.05, 0) is 27.7 Å². The van der Waals surface area contributed by atoms with Crippen molar-refractivity contribution < 1.29 is 18.1 Å². The fourth-order valence-electron chi connectivity index (χ4n) is 1.64. The zero-order chi connectivity index (χ0) is 12.8. The lowest BCUT2D eigenvalue weighted by Crippen LogP contribution is -2.41. The second-order valence-electron chi connectivity index (χ2n) is 5.13. The Balaban J connectivity index is 2.29. The number of halogens is 2. The maximum absolute atomic E-state index is 12.7. The number of aromatic nitrogens is 2. The highest BCUT2D eigenvalue weighted by Gasteiger charge is 2.53. The van der Waals surface area contributed by atoms with Gasteiger partial charge in [-0.3, -0.25) is 5.10 Å². The standard InChI is InChI=1S/C10H15BF2N2O2/c1-9(2)10(3,4)17-11(16-9)6-5-14-15-7(6)8(12)13/h5,8H,1-4H3,(H,14,15). The van der Waals surface area contributed by atoms with Crippen molar-refractivity contribution in [3.8, 4) is 0 Å². The third-order valence-electron chi connectivity index (χ3n) is 3.43. The van der Waals surface area contributed by atoms with Crippen molar-refractivity contribution in [1.82, 2.24) is 10.2 Å². The lowest BCUT2D eigenvalue weighted by Gasteiger charge is -2.32. The third-order valence-corrected chi connectivity index (χ3v) is 3.43. The predicted molar refractivity (Wildman–Crippen MR) is 59.3 cm³/mol. The highest BCUT2D eigenvalue weighted by Crippen LogP contribution is 2.36. The highest BCUT2D eigenvalue weighted by atomic mass is 19.3. The van der Waals surface area contributed by atoms with E-state index in [-0.39, 0.29) is 11.2 Å². The predicted octanol–water partition coefficient (Wildman–Crippen LogP) is 1.65. The average molecular weight is 244 g/mol. The Hall–Kier alpha value is -0.945. The molecule has 1 aliphatic heterocycles. The van der Waals surface area contributed by atoms with E-state index in [1.165, 1.54) is 6.20 Å². The molecule has 7 heteroatoms. The van der Waals surface area contributed by atoms with E-state index in [0.717, 1.165) is 0 Å². The first-order valence-corrected chi connectivity index (χ1v) is 5.41. The molecule has 4 nitrogen and oxygen atoms in total. The topological polar surface area (TPSA) is 47.1 Å². The molecule has 94 valence electrons. The second-order valence-corrected chi connectivity index (χ2v) is 5.13. The molecule has 1 aromatic heterocycles. The smallest absolute Gasteiger partial charge is 0.399 e. The van der Waals surface area contributed by atoms with E-state index in [1.807, 2.05) is 27.7 Å². The van der Waals surface area contributed by atoms with Crippen LogP contribution < -0.4 is 5.46 Å². The molecule has 1 aliphatic rings. The Morgan fingerprint density at radius 3 is 2.24 bits per heavy atom. The molecular formula is C10H15BF2N2O2. The lowest BCUT2D eigenvalue weighted by molar-refractivity contribution is 0.00578. The van der Waals surface area contributed by atoms with Gasteiger partial charge in [-0.25, -0.2) is 8.78 Å². The summed E-state index contributed by atoms with van der Waals surface area (Å²) in [4.78, 5) is 0. The molecule has 2 rings (SSSR count). The Bertz CT molecular complexity index is 404. The molecule has 0 radical (unpaired) electrons. The number of rotatable bonds is 2. The van der Waals surface area contributed by atoms with Crippen LogP contribution in [-0.2, 0) is 9.31 Å². The van der Waals surface area contributed by atoms with Gasteiger partial charge >= 0.3 is 7.12 Å². The van der Waals surface area contributed by atoms with Crippen LogP contribution in [0.5, 0.6) is 0 Å². The summed E-state index contributed by atoms with van der Waals surface area (Å²) in [5, 5.41) is 5.90. The summed E-state index contributed by atoms with van der Waals surface area (Å²) in [6.07, 6.45) is -1.30. The van der Waals surface area contributed by atoms with E-state index in [2.05, 4.69) is 10.2 Å². The molecular weight excluding hydrogens is 229 g/mol. The van der Waals surface area contributed by atoms with E-state index < -0.39 is 24.7 Å². The van der Waals surface area contributed by atoms with Gasteiger partial charge in [0.1, 0.15) is 5.69 Å². The van der Waals surface area contributed by atoms with Crippen LogP contribution in [0, 0.1) is 0 Å². The minimum absolute atomic E-state index is 0.247. The molecule has 17 heavy (non-hydrogen) atoms. The van der Waals surface area contributed by atoms with Gasteiger partial charge < -0.3 is 9.31 Å². The summed E-state index contributed by atoms with van der Waals surface area (Å²) in [5.41, 5.74) is -1.08. The molecule has 1 fully saturated rings. The fourth-order valence-corrected chi connectivity index (χ4v) is 1.64. The minimum atomic E-state index is -2.62. The summed E-state index contributed by atoms with van der Waals surface area (Å²) in [7, 11) is -0.803. The molecule has 0 aromatic carbocycles. The first-order chi connectivity index (χ1) is 7.74. The Kier molecular flexibility index (Phi) is 2.78. The number of hydrogen-bond acceptors (Lipinski definition) is 3. The fraction of sp³-hybridized carbons (Fsp3) is 0.700. The largest absolute Gasteiger partial charge is 0.498 e. The lowest BCUT2D eigenvalue weighted by atomic mass is 9.79. The van der Waals surface area contributed by atoms with Gasteiger partial charge in [0.15, 0.2) is 0 Å². The van der Waals surface area contributed by atoms with E-state index in [4.69, 9.17) is 9.31 Å². The Morgan fingerprint density at radius 2 is 1.76 bits per heavy atom. The number of nitrogens with zero attached hydrogens (tertiary/aromatic N) is 1. The van der Waals surface area contributed by atoms with E-state index >= 15 is 0 Å². The summed E-state index contributed by atoms with van der Waals surface area (Å²) >= 11 is 0. The quantitative estimate of drug-likeness (QED) is 0.804. The van der Waals surface area contributed by atoms with Gasteiger partial charge in [0.25, 0.3) is 6.43 Å². The van der Waals surface area contributed by atoms with Gasteiger partial charge in [0.05, 0.1) is 11.2 Å². The monoisotopic (exact) mass is 244 g/mol. The van der Waals surface area contributed by atoms with Crippen LogP contribution in [0.3, 0.4) is 0 Å². The zero-order valence-corrected chi connectivity index (χ0v) is 10.3. The molecule has 1 N–H and O–H groups in total. The molecule has 0 unspecified atom stereocenters. The van der Waals surface area contributed by atoms with Crippen molar-refractivity contribution in [2.45, 2.75) is 45.3 Å². The number of aromatic amines is 1. The maximum Gasteiger partial charge on any atom is 0.498 e. The molecule has 0 amide bonds. The molecule has 0 saturated carbocycles. The average Bonchev–Trinajstić information content (AvgIpc) is 2.69. The Labute approximate surface area is 98.8 Å². The second kappa shape index (κ2) is 3.78. The number of H-pyrrole nitrogens is 1. The highest BCUT2D eigenvalue weighted by molar-refractivity contribution is 6.62. The van der Waals surface area contributed by atoms with Crippen molar-refractivity contribution in [3.05, 3.63) is 11.9 Å². The normalized spacial score (nSPS) is 22.4. The van der Waals surface area contributed by atoms with Gasteiger partial charge in [-0.2, -0.15) is 5.10 Å². The third kappa shape index (κ3) is 1.97. The number of hydrogen-bond donors (Lipinski definition) is 1. The van der Waals surface area contributed by atoms with Gasteiger partial charge in [0, 0.05) is 11.7 Å². The van der Waals surface area contributed by atoms with Crippen LogP contribution in [0.2, 0.25) is 0 Å². The number of nitrogens with one attached hydrogen (secondary N) is 1. The van der Waals surface area contributed by atoms with Crippen molar-refractivity contribution >= 4 is 12.6 Å². The van der Waals surface area contributed by atoms with Crippen molar-refractivity contribution in [3.63, 3.8) is 0 Å². The van der Waals surface area contributed by atoms with E-state index in [9.17, 15) is 8.78 Å². The van der Waals surface area contributed by atoms with Crippen LogP contribution in [-0.4, -0.2) is 28.5 Å². The van der Waals surface area contributed by atoms with Gasteiger partial charge in [-0.1, -0.05) is 0 Å². The number of alkyl halides is 2. The van der Waals surface area contributed by atoms with Crippen LogP contribution in [0.4, 0.5) is 8.78 Å². The minimum Gasteiger partial charge on any atom is -0.399 e. The summed E-state index contributed by atoms with van der Waals surface area (Å²) in [5.74, 6) is 0. The SMILES string of the molecule is CC1(C)OB(c2cn[nH]c2C(F)F)OC1(C)C. The maximum atomic E-state index is 12.7. The first-order valence-electron chi connectivity index (χ1n) is 5.41. The molecule has 2 heterocycles. The van der Waals surface area contributed by atoms with E-state index in [1.54, 1.807) is 0 Å². The van der Waals surface area contributed by atoms with Crippen LogP contribution in [0.25, 0.3) is 0 Å². The first kappa shape index (κ1) is 12.5. The Morgan fingerprint density at radius 1 is 1.24 bits per heavy atom. The van der Waals surface area contributed by atoms with Crippen LogP contribution in [0.1, 0.15) is 39.8 Å². The van der Waals surface area contributed by atoms with Crippen molar-refractivity contribution in [2.75, 3.05) is 0 Å². The van der Waals surface area contributed by atoms with E-state index in [0.29, 0.717) is 0 Å². The zero-order valence-electron chi connectivity index (χ0n) is 10.3. The molecule has 0 aliphatic carbocycles. The van der Waals surface area contributed by atoms with Crippen LogP contribution in [0.15, 0.2) is 6.20 Å². The molecule has 1 aromatic rings. The molecule has 0 spiro atoms. The molecule has 1 saturated heterocycles. The summed E-state index contributed by atoms with van der Waals surface area (Å²) in [6, 6.07) is 0. The summed E-state index contributed by atoms with van der Waals surface area (Å²) < 4.78 is 36.8. The van der Waals surface area contributed by atoms with Crippen LogP contribution >= 0.6 is 0 Å². The molecule has 0 bridgehead atoms. The molecule has 0 atom stereocenters. The van der Waals surface area contributed by atoms with Gasteiger partial charge in [0.2, 0.25) is 0 Å². The van der Waals surface area contributed by atoms with Crippen molar-refractivity contribution in [1.29, 1.82) is 0 Å². The van der Waals surface area contributed by atoms with Crippen molar-refractivity contribution in [2.24, 2.45) is 0 Å². The summed E-state index contributed by atoms with van der Waals surface area (Å²) in [6.45, 7) is 7.48. The van der Waals surface area contributed by atoms with Gasteiger partial charge in [-0.15, -0.1) is 0 Å².